The Morgan fingerprint density at radius 1 is 1.10 bits per heavy atom. The van der Waals surface area contributed by atoms with Gasteiger partial charge < -0.3 is 24.5 Å². The summed E-state index contributed by atoms with van der Waals surface area (Å²) < 4.78 is 16.5. The van der Waals surface area contributed by atoms with E-state index in [-0.39, 0.29) is 5.54 Å². The first-order valence-electron chi connectivity index (χ1n) is 9.45. The lowest BCUT2D eigenvalue weighted by molar-refractivity contribution is 0.112. The topological polar surface area (TPSA) is 98.4 Å². The molecule has 1 aliphatic heterocycles. The Balaban J connectivity index is 2.02. The molecular formula is C21H24N4O4. The standard InChI is InChI=1S/C21H24N4O4/c1-21(6-5-7-23-21)19-16(24-17-13(11-26)10-22-20(17)25-19)12-8-14(27-2)18(29-4)15(9-12)28-3/h8-11,23H,5-7H2,1-4H3,(H,22,25). The molecule has 1 aliphatic rings. The molecule has 29 heavy (non-hydrogen) atoms. The minimum atomic E-state index is -0.330. The molecule has 1 unspecified atom stereocenters. The lowest BCUT2D eigenvalue weighted by Gasteiger charge is -2.26. The van der Waals surface area contributed by atoms with Crippen LogP contribution in [0.2, 0.25) is 0 Å². The van der Waals surface area contributed by atoms with Gasteiger partial charge in [0.15, 0.2) is 23.4 Å². The van der Waals surface area contributed by atoms with Crippen LogP contribution < -0.4 is 19.5 Å². The van der Waals surface area contributed by atoms with Gasteiger partial charge in [-0.1, -0.05) is 0 Å². The number of H-pyrrole nitrogens is 1. The SMILES string of the molecule is COc1cc(-c2nc3c(C=O)c[nH]c3nc2C2(C)CCCN2)cc(OC)c1OC. The highest BCUT2D eigenvalue weighted by Gasteiger charge is 2.35. The molecule has 1 fully saturated rings. The third-order valence-corrected chi connectivity index (χ3v) is 5.49. The Kier molecular flexibility index (Phi) is 4.87. The first-order chi connectivity index (χ1) is 14.0. The number of hydrogen-bond donors (Lipinski definition) is 2. The molecule has 1 saturated heterocycles. The zero-order chi connectivity index (χ0) is 20.6. The van der Waals surface area contributed by atoms with Crippen LogP contribution in [0.4, 0.5) is 0 Å². The Labute approximate surface area is 168 Å². The number of ether oxygens (including phenoxy) is 3. The Bertz CT molecular complexity index is 1040. The van der Waals surface area contributed by atoms with Crippen LogP contribution >= 0.6 is 0 Å². The highest BCUT2D eigenvalue weighted by Crippen LogP contribution is 2.43. The normalized spacial score (nSPS) is 18.8. The summed E-state index contributed by atoms with van der Waals surface area (Å²) in [6.45, 7) is 3.04. The van der Waals surface area contributed by atoms with Crippen LogP contribution in [0.15, 0.2) is 18.3 Å². The molecule has 0 saturated carbocycles. The smallest absolute Gasteiger partial charge is 0.203 e. The number of benzene rings is 1. The second-order valence-corrected chi connectivity index (χ2v) is 7.26. The summed E-state index contributed by atoms with van der Waals surface area (Å²) in [4.78, 5) is 24.3. The number of carbonyl (C=O) groups excluding carboxylic acids is 1. The van der Waals surface area contributed by atoms with E-state index in [4.69, 9.17) is 24.2 Å². The van der Waals surface area contributed by atoms with Crippen LogP contribution in [0.25, 0.3) is 22.4 Å². The molecule has 4 rings (SSSR count). The van der Waals surface area contributed by atoms with E-state index in [1.807, 2.05) is 12.1 Å². The number of nitrogens with zero attached hydrogens (tertiary/aromatic N) is 2. The number of aldehydes is 1. The van der Waals surface area contributed by atoms with Crippen molar-refractivity contribution in [2.75, 3.05) is 27.9 Å². The van der Waals surface area contributed by atoms with E-state index >= 15 is 0 Å². The van der Waals surface area contributed by atoms with Gasteiger partial charge in [0, 0.05) is 11.8 Å². The highest BCUT2D eigenvalue weighted by atomic mass is 16.5. The molecule has 0 bridgehead atoms. The highest BCUT2D eigenvalue weighted by molar-refractivity contribution is 5.94. The fourth-order valence-electron chi connectivity index (χ4n) is 3.94. The van der Waals surface area contributed by atoms with Gasteiger partial charge >= 0.3 is 0 Å². The summed E-state index contributed by atoms with van der Waals surface area (Å²) in [5.41, 5.74) is 3.53. The maximum atomic E-state index is 11.5. The number of fused-ring (bicyclic) bond motifs is 1. The number of nitrogens with one attached hydrogen (secondary N) is 2. The van der Waals surface area contributed by atoms with Crippen LogP contribution in [0.3, 0.4) is 0 Å². The van der Waals surface area contributed by atoms with Gasteiger partial charge in [0.25, 0.3) is 0 Å². The third-order valence-electron chi connectivity index (χ3n) is 5.49. The number of aromatic amines is 1. The van der Waals surface area contributed by atoms with Crippen molar-refractivity contribution in [1.82, 2.24) is 20.3 Å². The summed E-state index contributed by atoms with van der Waals surface area (Å²) >= 11 is 0. The summed E-state index contributed by atoms with van der Waals surface area (Å²) in [6.07, 6.45) is 4.40. The van der Waals surface area contributed by atoms with Crippen molar-refractivity contribution in [3.8, 4) is 28.5 Å². The van der Waals surface area contributed by atoms with Crippen molar-refractivity contribution >= 4 is 17.5 Å². The van der Waals surface area contributed by atoms with E-state index in [0.717, 1.165) is 36.9 Å². The van der Waals surface area contributed by atoms with E-state index < -0.39 is 0 Å². The van der Waals surface area contributed by atoms with Gasteiger partial charge in [0.1, 0.15) is 5.52 Å². The predicted octanol–water partition coefficient (Wildman–Crippen LogP) is 3.06. The minimum Gasteiger partial charge on any atom is -0.493 e. The van der Waals surface area contributed by atoms with E-state index in [0.29, 0.717) is 39.7 Å². The van der Waals surface area contributed by atoms with Crippen molar-refractivity contribution in [1.29, 1.82) is 0 Å². The molecule has 0 spiro atoms. The molecule has 0 radical (unpaired) electrons. The predicted molar refractivity (Wildman–Crippen MR) is 109 cm³/mol. The molecule has 152 valence electrons. The molecule has 1 aromatic carbocycles. The molecular weight excluding hydrogens is 372 g/mol. The zero-order valence-electron chi connectivity index (χ0n) is 17.0. The fourth-order valence-corrected chi connectivity index (χ4v) is 3.94. The lowest BCUT2D eigenvalue weighted by atomic mass is 9.91. The molecule has 8 heteroatoms. The summed E-state index contributed by atoms with van der Waals surface area (Å²) in [7, 11) is 4.72. The second kappa shape index (κ2) is 7.36. The number of methoxy groups -OCH3 is 3. The molecule has 0 aliphatic carbocycles. The van der Waals surface area contributed by atoms with Gasteiger partial charge in [-0.05, 0) is 38.4 Å². The summed E-state index contributed by atoms with van der Waals surface area (Å²) in [5, 5.41) is 3.55. The van der Waals surface area contributed by atoms with Crippen molar-refractivity contribution in [3.05, 3.63) is 29.6 Å². The van der Waals surface area contributed by atoms with E-state index in [2.05, 4.69) is 17.2 Å². The van der Waals surface area contributed by atoms with Crippen molar-refractivity contribution in [3.63, 3.8) is 0 Å². The number of hydrogen-bond acceptors (Lipinski definition) is 7. The van der Waals surface area contributed by atoms with Crippen LogP contribution in [-0.2, 0) is 5.54 Å². The maximum absolute atomic E-state index is 11.5. The van der Waals surface area contributed by atoms with E-state index in [1.54, 1.807) is 27.5 Å². The Hall–Kier alpha value is -3.13. The zero-order valence-corrected chi connectivity index (χ0v) is 17.0. The van der Waals surface area contributed by atoms with Crippen LogP contribution in [0, 0.1) is 0 Å². The summed E-state index contributed by atoms with van der Waals surface area (Å²) in [5.74, 6) is 1.57. The molecule has 8 nitrogen and oxygen atoms in total. The molecule has 3 aromatic rings. The van der Waals surface area contributed by atoms with Gasteiger partial charge in [-0.15, -0.1) is 0 Å². The molecule has 0 amide bonds. The first kappa shape index (κ1) is 19.2. The van der Waals surface area contributed by atoms with Crippen LogP contribution in [0.5, 0.6) is 17.2 Å². The molecule has 3 heterocycles. The third kappa shape index (κ3) is 3.09. The van der Waals surface area contributed by atoms with Crippen molar-refractivity contribution in [2.45, 2.75) is 25.3 Å². The van der Waals surface area contributed by atoms with E-state index in [9.17, 15) is 4.79 Å². The second-order valence-electron chi connectivity index (χ2n) is 7.26. The Morgan fingerprint density at radius 3 is 2.38 bits per heavy atom. The molecule has 2 aromatic heterocycles. The molecule has 2 N–H and O–H groups in total. The van der Waals surface area contributed by atoms with Crippen molar-refractivity contribution in [2.24, 2.45) is 0 Å². The largest absolute Gasteiger partial charge is 0.493 e. The van der Waals surface area contributed by atoms with Gasteiger partial charge in [0.05, 0.1) is 43.8 Å². The monoisotopic (exact) mass is 396 g/mol. The fraction of sp³-hybridized carbons (Fsp3) is 0.381. The Morgan fingerprint density at radius 2 is 1.83 bits per heavy atom. The van der Waals surface area contributed by atoms with Crippen molar-refractivity contribution < 1.29 is 19.0 Å². The van der Waals surface area contributed by atoms with Gasteiger partial charge in [-0.25, -0.2) is 9.97 Å². The van der Waals surface area contributed by atoms with Gasteiger partial charge in [0.2, 0.25) is 5.75 Å². The maximum Gasteiger partial charge on any atom is 0.203 e. The summed E-state index contributed by atoms with van der Waals surface area (Å²) in [6, 6.07) is 3.71. The number of rotatable bonds is 6. The minimum absolute atomic E-state index is 0.330. The average molecular weight is 396 g/mol. The van der Waals surface area contributed by atoms with Gasteiger partial charge in [-0.2, -0.15) is 0 Å². The molecule has 1 atom stereocenters. The van der Waals surface area contributed by atoms with Gasteiger partial charge in [-0.3, -0.25) is 4.79 Å². The van der Waals surface area contributed by atoms with Crippen LogP contribution in [-0.4, -0.2) is 49.1 Å². The van der Waals surface area contributed by atoms with E-state index in [1.165, 1.54) is 0 Å². The quantitative estimate of drug-likeness (QED) is 0.618. The number of carbonyl (C=O) groups is 1. The lowest BCUT2D eigenvalue weighted by Crippen LogP contribution is -2.35. The number of aromatic nitrogens is 3. The average Bonchev–Trinajstić information content (AvgIpc) is 3.37. The van der Waals surface area contributed by atoms with Crippen LogP contribution in [0.1, 0.15) is 35.8 Å². The first-order valence-corrected chi connectivity index (χ1v) is 9.45.